The van der Waals surface area contributed by atoms with E-state index in [1.807, 2.05) is 54.6 Å². The fraction of sp³-hybridized carbons (Fsp3) is 0.208. The van der Waals surface area contributed by atoms with Crippen LogP contribution in [0.1, 0.15) is 0 Å². The number of aromatic nitrogens is 2. The summed E-state index contributed by atoms with van der Waals surface area (Å²) in [6, 6.07) is 17.0. The van der Waals surface area contributed by atoms with Gasteiger partial charge < -0.3 is 15.0 Å². The number of carbonyl (C=O) groups excluding carboxylic acids is 1. The number of nitrogens with one attached hydrogen (secondary N) is 1. The van der Waals surface area contributed by atoms with Gasteiger partial charge in [-0.1, -0.05) is 23.7 Å². The third kappa shape index (κ3) is 4.78. The number of thiophene rings is 1. The second-order valence-electron chi connectivity index (χ2n) is 7.70. The maximum absolute atomic E-state index is 13.0. The van der Waals surface area contributed by atoms with E-state index in [9.17, 15) is 9.59 Å². The summed E-state index contributed by atoms with van der Waals surface area (Å²) >= 11 is 7.33. The van der Waals surface area contributed by atoms with Crippen LogP contribution in [0.25, 0.3) is 20.7 Å². The van der Waals surface area contributed by atoms with Crippen molar-refractivity contribution < 1.29 is 9.53 Å². The Morgan fingerprint density at radius 1 is 1.09 bits per heavy atom. The van der Waals surface area contributed by atoms with Crippen molar-refractivity contribution in [1.29, 1.82) is 0 Å². The number of carbonyl (C=O) groups is 1. The number of benzene rings is 2. The van der Waals surface area contributed by atoms with Crippen molar-refractivity contribution >= 4 is 50.4 Å². The number of morpholine rings is 1. The smallest absolute Gasteiger partial charge is 0.271 e. The highest BCUT2D eigenvalue weighted by atomic mass is 35.5. The predicted octanol–water partition coefficient (Wildman–Crippen LogP) is 4.25. The molecule has 33 heavy (non-hydrogen) atoms. The maximum Gasteiger partial charge on any atom is 0.271 e. The third-order valence-electron chi connectivity index (χ3n) is 5.47. The van der Waals surface area contributed by atoms with Crippen LogP contribution < -0.4 is 15.8 Å². The van der Waals surface area contributed by atoms with Crippen LogP contribution in [0.4, 0.5) is 11.4 Å². The Balaban J connectivity index is 1.29. The first kappa shape index (κ1) is 21.6. The molecule has 5 rings (SSSR count). The van der Waals surface area contributed by atoms with Gasteiger partial charge >= 0.3 is 0 Å². The van der Waals surface area contributed by atoms with Gasteiger partial charge in [0.25, 0.3) is 5.56 Å². The molecule has 0 aliphatic carbocycles. The molecule has 0 unspecified atom stereocenters. The lowest BCUT2D eigenvalue weighted by Crippen LogP contribution is -2.36. The zero-order valence-corrected chi connectivity index (χ0v) is 19.2. The molecule has 1 aliphatic heterocycles. The van der Waals surface area contributed by atoms with Gasteiger partial charge in [-0.3, -0.25) is 14.2 Å². The van der Waals surface area contributed by atoms with Crippen LogP contribution in [-0.2, 0) is 16.1 Å². The fourth-order valence-corrected chi connectivity index (χ4v) is 4.94. The molecule has 168 valence electrons. The lowest BCUT2D eigenvalue weighted by Gasteiger charge is -2.28. The van der Waals surface area contributed by atoms with E-state index >= 15 is 0 Å². The minimum absolute atomic E-state index is 0.110. The van der Waals surface area contributed by atoms with E-state index in [-0.39, 0.29) is 18.0 Å². The normalized spacial score (nSPS) is 13.9. The number of ether oxygens (including phenoxy) is 1. The zero-order chi connectivity index (χ0) is 22.8. The van der Waals surface area contributed by atoms with Crippen molar-refractivity contribution in [1.82, 2.24) is 9.55 Å². The van der Waals surface area contributed by atoms with Gasteiger partial charge in [-0.05, 0) is 48.0 Å². The molecule has 0 spiro atoms. The van der Waals surface area contributed by atoms with E-state index in [1.165, 1.54) is 22.2 Å². The van der Waals surface area contributed by atoms with E-state index in [4.69, 9.17) is 16.3 Å². The molecule has 7 nitrogen and oxygen atoms in total. The first-order valence-corrected chi connectivity index (χ1v) is 11.7. The highest BCUT2D eigenvalue weighted by Crippen LogP contribution is 2.31. The van der Waals surface area contributed by atoms with Crippen molar-refractivity contribution in [3.8, 4) is 10.4 Å². The molecule has 0 saturated carbocycles. The van der Waals surface area contributed by atoms with Crippen LogP contribution in [0.15, 0.2) is 65.7 Å². The van der Waals surface area contributed by atoms with Crippen molar-refractivity contribution in [2.24, 2.45) is 0 Å². The van der Waals surface area contributed by atoms with Crippen LogP contribution in [-0.4, -0.2) is 41.8 Å². The highest BCUT2D eigenvalue weighted by molar-refractivity contribution is 7.22. The number of rotatable bonds is 5. The Morgan fingerprint density at radius 3 is 2.55 bits per heavy atom. The second kappa shape index (κ2) is 9.35. The summed E-state index contributed by atoms with van der Waals surface area (Å²) in [7, 11) is 0. The van der Waals surface area contributed by atoms with E-state index in [0.29, 0.717) is 20.9 Å². The van der Waals surface area contributed by atoms with Gasteiger partial charge in [0.1, 0.15) is 11.2 Å². The van der Waals surface area contributed by atoms with E-state index in [1.54, 1.807) is 0 Å². The second-order valence-corrected chi connectivity index (χ2v) is 9.19. The molecule has 2 aromatic heterocycles. The van der Waals surface area contributed by atoms with E-state index in [2.05, 4.69) is 15.2 Å². The molecule has 1 saturated heterocycles. The SMILES string of the molecule is O=C(Cn1cnc2cc(-c3ccc(Cl)cc3)sc2c1=O)Nc1ccc(N2CCOCC2)cc1. The lowest BCUT2D eigenvalue weighted by atomic mass is 10.2. The Bertz CT molecular complexity index is 1340. The minimum Gasteiger partial charge on any atom is -0.378 e. The number of fused-ring (bicyclic) bond motifs is 1. The first-order chi connectivity index (χ1) is 16.1. The van der Waals surface area contributed by atoms with Crippen molar-refractivity contribution in [2.75, 3.05) is 36.5 Å². The first-order valence-electron chi connectivity index (χ1n) is 10.5. The molecule has 2 aromatic carbocycles. The van der Waals surface area contributed by atoms with Crippen LogP contribution in [0.2, 0.25) is 5.02 Å². The molecule has 0 atom stereocenters. The topological polar surface area (TPSA) is 76.5 Å². The number of halogens is 1. The molecule has 1 amide bonds. The van der Waals surface area contributed by atoms with Crippen LogP contribution in [0.3, 0.4) is 0 Å². The zero-order valence-electron chi connectivity index (χ0n) is 17.7. The van der Waals surface area contributed by atoms with Gasteiger partial charge in [-0.15, -0.1) is 11.3 Å². The van der Waals surface area contributed by atoms with Gasteiger partial charge in [-0.2, -0.15) is 0 Å². The van der Waals surface area contributed by atoms with Gasteiger partial charge in [0.15, 0.2) is 0 Å². The molecular weight excluding hydrogens is 460 g/mol. The summed E-state index contributed by atoms with van der Waals surface area (Å²) in [4.78, 5) is 33.1. The summed E-state index contributed by atoms with van der Waals surface area (Å²) in [6.07, 6.45) is 1.42. The molecular formula is C24H21ClN4O3S. The average Bonchev–Trinajstić information content (AvgIpc) is 3.28. The number of hydrogen-bond acceptors (Lipinski definition) is 6. The molecule has 1 aliphatic rings. The maximum atomic E-state index is 13.0. The van der Waals surface area contributed by atoms with Gasteiger partial charge in [0, 0.05) is 34.4 Å². The van der Waals surface area contributed by atoms with Gasteiger partial charge in [0.05, 0.1) is 25.1 Å². The number of hydrogen-bond donors (Lipinski definition) is 1. The quantitative estimate of drug-likeness (QED) is 0.462. The number of anilines is 2. The van der Waals surface area contributed by atoms with Gasteiger partial charge in [-0.25, -0.2) is 4.98 Å². The van der Waals surface area contributed by atoms with Crippen molar-refractivity contribution in [3.05, 3.63) is 76.3 Å². The molecule has 0 bridgehead atoms. The van der Waals surface area contributed by atoms with Crippen molar-refractivity contribution in [2.45, 2.75) is 6.54 Å². The number of nitrogens with zero attached hydrogens (tertiary/aromatic N) is 3. The molecule has 4 aromatic rings. The Hall–Kier alpha value is -3.20. The summed E-state index contributed by atoms with van der Waals surface area (Å²) < 4.78 is 7.24. The molecule has 1 N–H and O–H groups in total. The number of amides is 1. The monoisotopic (exact) mass is 480 g/mol. The third-order valence-corrected chi connectivity index (χ3v) is 6.89. The molecule has 0 radical (unpaired) electrons. The Kier molecular flexibility index (Phi) is 6.13. The summed E-state index contributed by atoms with van der Waals surface area (Å²) in [6.45, 7) is 3.04. The van der Waals surface area contributed by atoms with Crippen LogP contribution in [0, 0.1) is 0 Å². The predicted molar refractivity (Wildman–Crippen MR) is 132 cm³/mol. The van der Waals surface area contributed by atoms with Crippen molar-refractivity contribution in [3.63, 3.8) is 0 Å². The summed E-state index contributed by atoms with van der Waals surface area (Å²) in [5.41, 5.74) is 3.12. The largest absolute Gasteiger partial charge is 0.378 e. The Morgan fingerprint density at radius 2 is 1.82 bits per heavy atom. The summed E-state index contributed by atoms with van der Waals surface area (Å²) in [5.74, 6) is -0.285. The Labute approximate surface area is 199 Å². The highest BCUT2D eigenvalue weighted by Gasteiger charge is 2.14. The summed E-state index contributed by atoms with van der Waals surface area (Å²) in [5, 5.41) is 3.51. The molecule has 9 heteroatoms. The minimum atomic E-state index is -0.285. The molecule has 1 fully saturated rings. The average molecular weight is 481 g/mol. The van der Waals surface area contributed by atoms with Gasteiger partial charge in [0.2, 0.25) is 5.91 Å². The standard InChI is InChI=1S/C24H21ClN4O3S/c25-17-3-1-16(2-4-17)21-13-20-23(33-21)24(31)29(15-26-20)14-22(30)27-18-5-7-19(8-6-18)28-9-11-32-12-10-28/h1-8,13,15H,9-12,14H2,(H,27,30). The van der Waals surface area contributed by atoms with E-state index in [0.717, 1.165) is 42.4 Å². The van der Waals surface area contributed by atoms with E-state index < -0.39 is 0 Å². The molecule has 3 heterocycles. The van der Waals surface area contributed by atoms with Crippen LogP contribution >= 0.6 is 22.9 Å². The lowest BCUT2D eigenvalue weighted by molar-refractivity contribution is -0.116. The fourth-order valence-electron chi connectivity index (χ4n) is 3.75. The van der Waals surface area contributed by atoms with Crippen LogP contribution in [0.5, 0.6) is 0 Å².